The summed E-state index contributed by atoms with van der Waals surface area (Å²) in [6.45, 7) is 5.61. The van der Waals surface area contributed by atoms with E-state index in [1.54, 1.807) is 45.0 Å². The Morgan fingerprint density at radius 2 is 1.81 bits per heavy atom. The number of nitrogens with two attached hydrogens (primary N) is 1. The number of methoxy groups -OCH3 is 1. The van der Waals surface area contributed by atoms with Crippen molar-refractivity contribution in [2.75, 3.05) is 13.7 Å². The molecule has 1 aromatic rings. The molecular weight excluding hydrogens is 272 g/mol. The lowest BCUT2D eigenvalue weighted by atomic mass is 10.1. The lowest BCUT2D eigenvalue weighted by Crippen LogP contribution is -2.36. The SMILES string of the molecule is COC(=O)c1ccc(C(N)CNC(=O)OC(C)(C)C)cc1. The van der Waals surface area contributed by atoms with Crippen molar-refractivity contribution in [2.24, 2.45) is 5.73 Å². The summed E-state index contributed by atoms with van der Waals surface area (Å²) in [6.07, 6.45) is -0.510. The van der Waals surface area contributed by atoms with Gasteiger partial charge >= 0.3 is 12.1 Å². The minimum absolute atomic E-state index is 0.243. The number of hydrogen-bond acceptors (Lipinski definition) is 5. The largest absolute Gasteiger partial charge is 0.465 e. The fourth-order valence-corrected chi connectivity index (χ4v) is 1.61. The van der Waals surface area contributed by atoms with E-state index < -0.39 is 17.7 Å². The van der Waals surface area contributed by atoms with Gasteiger partial charge in [0.15, 0.2) is 0 Å². The standard InChI is InChI=1S/C15H22N2O4/c1-15(2,3)21-14(19)17-9-12(16)10-5-7-11(8-6-10)13(18)20-4/h5-8,12H,9,16H2,1-4H3,(H,17,19). The first-order chi connectivity index (χ1) is 9.73. The number of hydrogen-bond donors (Lipinski definition) is 2. The third-order valence-corrected chi connectivity index (χ3v) is 2.63. The van der Waals surface area contributed by atoms with Gasteiger partial charge in [0.1, 0.15) is 5.60 Å². The number of alkyl carbamates (subject to hydrolysis) is 1. The molecule has 0 radical (unpaired) electrons. The quantitative estimate of drug-likeness (QED) is 0.829. The molecule has 116 valence electrons. The average molecular weight is 294 g/mol. The lowest BCUT2D eigenvalue weighted by Gasteiger charge is -2.21. The Bertz CT molecular complexity index is 491. The van der Waals surface area contributed by atoms with E-state index in [0.29, 0.717) is 5.56 Å². The Labute approximate surface area is 124 Å². The topological polar surface area (TPSA) is 90.6 Å². The van der Waals surface area contributed by atoms with E-state index >= 15 is 0 Å². The van der Waals surface area contributed by atoms with Gasteiger partial charge in [0, 0.05) is 12.6 Å². The molecule has 21 heavy (non-hydrogen) atoms. The number of carbonyl (C=O) groups excluding carboxylic acids is 2. The molecule has 0 aliphatic heterocycles. The second kappa shape index (κ2) is 7.08. The van der Waals surface area contributed by atoms with Crippen LogP contribution in [0.25, 0.3) is 0 Å². The molecule has 1 aromatic carbocycles. The highest BCUT2D eigenvalue weighted by atomic mass is 16.6. The number of esters is 1. The van der Waals surface area contributed by atoms with Crippen LogP contribution in [0, 0.1) is 0 Å². The molecule has 1 rings (SSSR count). The van der Waals surface area contributed by atoms with Crippen molar-refractivity contribution in [3.8, 4) is 0 Å². The van der Waals surface area contributed by atoms with Crippen molar-refractivity contribution < 1.29 is 19.1 Å². The van der Waals surface area contributed by atoms with Gasteiger partial charge in [0.05, 0.1) is 12.7 Å². The lowest BCUT2D eigenvalue weighted by molar-refractivity contribution is 0.0523. The van der Waals surface area contributed by atoms with E-state index in [4.69, 9.17) is 10.5 Å². The van der Waals surface area contributed by atoms with Crippen LogP contribution in [0.2, 0.25) is 0 Å². The summed E-state index contributed by atoms with van der Waals surface area (Å²) < 4.78 is 9.74. The minimum atomic E-state index is -0.545. The van der Waals surface area contributed by atoms with Gasteiger partial charge in [-0.25, -0.2) is 9.59 Å². The number of carbonyl (C=O) groups is 2. The predicted octanol–water partition coefficient (Wildman–Crippen LogP) is 2.00. The number of amides is 1. The molecule has 0 heterocycles. The molecule has 1 atom stereocenters. The highest BCUT2D eigenvalue weighted by Gasteiger charge is 2.17. The van der Waals surface area contributed by atoms with E-state index in [9.17, 15) is 9.59 Å². The third kappa shape index (κ3) is 5.83. The van der Waals surface area contributed by atoms with Gasteiger partial charge in [-0.2, -0.15) is 0 Å². The van der Waals surface area contributed by atoms with E-state index in [0.717, 1.165) is 5.56 Å². The van der Waals surface area contributed by atoms with Gasteiger partial charge < -0.3 is 20.5 Å². The average Bonchev–Trinajstić information content (AvgIpc) is 2.42. The Kier molecular flexibility index (Phi) is 5.72. The van der Waals surface area contributed by atoms with Crippen molar-refractivity contribution in [1.82, 2.24) is 5.32 Å². The maximum absolute atomic E-state index is 11.5. The number of nitrogens with one attached hydrogen (secondary N) is 1. The molecule has 1 amide bonds. The second-order valence-corrected chi connectivity index (χ2v) is 5.60. The molecule has 6 nitrogen and oxygen atoms in total. The molecule has 1 unspecified atom stereocenters. The monoisotopic (exact) mass is 294 g/mol. The van der Waals surface area contributed by atoms with Gasteiger partial charge in [-0.1, -0.05) is 12.1 Å². The smallest absolute Gasteiger partial charge is 0.407 e. The van der Waals surface area contributed by atoms with E-state index in [-0.39, 0.29) is 12.6 Å². The molecule has 6 heteroatoms. The molecule has 0 saturated carbocycles. The molecule has 0 bridgehead atoms. The van der Waals surface area contributed by atoms with Crippen molar-refractivity contribution in [3.63, 3.8) is 0 Å². The summed E-state index contributed by atoms with van der Waals surface area (Å²) in [5.41, 5.74) is 6.69. The predicted molar refractivity (Wildman–Crippen MR) is 78.9 cm³/mol. The van der Waals surface area contributed by atoms with Gasteiger partial charge in [0.2, 0.25) is 0 Å². The van der Waals surface area contributed by atoms with Crippen molar-refractivity contribution in [3.05, 3.63) is 35.4 Å². The van der Waals surface area contributed by atoms with Gasteiger partial charge in [0.25, 0.3) is 0 Å². The Morgan fingerprint density at radius 1 is 1.24 bits per heavy atom. The summed E-state index contributed by atoms with van der Waals surface area (Å²) in [6, 6.07) is 6.34. The van der Waals surface area contributed by atoms with Crippen LogP contribution in [-0.2, 0) is 9.47 Å². The van der Waals surface area contributed by atoms with Crippen molar-refractivity contribution in [1.29, 1.82) is 0 Å². The summed E-state index contributed by atoms with van der Waals surface area (Å²) in [4.78, 5) is 22.8. The van der Waals surface area contributed by atoms with Crippen LogP contribution >= 0.6 is 0 Å². The summed E-state index contributed by atoms with van der Waals surface area (Å²) >= 11 is 0. The van der Waals surface area contributed by atoms with E-state index in [1.165, 1.54) is 7.11 Å². The zero-order chi connectivity index (χ0) is 16.0. The molecule has 0 fully saturated rings. The molecular formula is C15H22N2O4. The molecule has 0 aromatic heterocycles. The van der Waals surface area contributed by atoms with Crippen molar-refractivity contribution in [2.45, 2.75) is 32.4 Å². The van der Waals surface area contributed by atoms with Crippen LogP contribution in [0.5, 0.6) is 0 Å². The van der Waals surface area contributed by atoms with Crippen LogP contribution in [-0.4, -0.2) is 31.3 Å². The van der Waals surface area contributed by atoms with E-state index in [2.05, 4.69) is 10.1 Å². The Hall–Kier alpha value is -2.08. The fourth-order valence-electron chi connectivity index (χ4n) is 1.61. The molecule has 0 aliphatic rings. The fraction of sp³-hybridized carbons (Fsp3) is 0.467. The first-order valence-corrected chi connectivity index (χ1v) is 6.63. The number of benzene rings is 1. The second-order valence-electron chi connectivity index (χ2n) is 5.60. The Morgan fingerprint density at radius 3 is 2.29 bits per heavy atom. The maximum Gasteiger partial charge on any atom is 0.407 e. The van der Waals surface area contributed by atoms with E-state index in [1.807, 2.05) is 0 Å². The van der Waals surface area contributed by atoms with Gasteiger partial charge in [-0.05, 0) is 38.5 Å². The van der Waals surface area contributed by atoms with Gasteiger partial charge in [-0.15, -0.1) is 0 Å². The summed E-state index contributed by atoms with van der Waals surface area (Å²) in [7, 11) is 1.33. The third-order valence-electron chi connectivity index (χ3n) is 2.63. The molecule has 0 spiro atoms. The first kappa shape index (κ1) is 17.0. The number of ether oxygens (including phenoxy) is 2. The van der Waals surface area contributed by atoms with Crippen LogP contribution in [0.4, 0.5) is 4.79 Å². The molecule has 3 N–H and O–H groups in total. The number of rotatable bonds is 4. The highest BCUT2D eigenvalue weighted by molar-refractivity contribution is 5.89. The van der Waals surface area contributed by atoms with Crippen LogP contribution < -0.4 is 11.1 Å². The zero-order valence-corrected chi connectivity index (χ0v) is 12.8. The molecule has 0 saturated heterocycles. The van der Waals surface area contributed by atoms with Crippen LogP contribution in [0.3, 0.4) is 0 Å². The first-order valence-electron chi connectivity index (χ1n) is 6.63. The minimum Gasteiger partial charge on any atom is -0.465 e. The normalized spacial score (nSPS) is 12.4. The van der Waals surface area contributed by atoms with Gasteiger partial charge in [-0.3, -0.25) is 0 Å². The summed E-state index contributed by atoms with van der Waals surface area (Å²) in [5.74, 6) is -0.401. The maximum atomic E-state index is 11.5. The highest BCUT2D eigenvalue weighted by Crippen LogP contribution is 2.12. The zero-order valence-electron chi connectivity index (χ0n) is 12.8. The van der Waals surface area contributed by atoms with Crippen LogP contribution in [0.1, 0.15) is 42.7 Å². The summed E-state index contributed by atoms with van der Waals surface area (Å²) in [5, 5.41) is 2.61. The van der Waals surface area contributed by atoms with Crippen LogP contribution in [0.15, 0.2) is 24.3 Å². The molecule has 0 aliphatic carbocycles. The Balaban J connectivity index is 2.54. The van der Waals surface area contributed by atoms with Crippen molar-refractivity contribution >= 4 is 12.1 Å².